The van der Waals surface area contributed by atoms with E-state index in [9.17, 15) is 4.39 Å². The number of hydrogen-bond donors (Lipinski definition) is 0. The molecule has 0 atom stereocenters. The fraction of sp³-hybridized carbons (Fsp3) is 0.143. The van der Waals surface area contributed by atoms with Crippen molar-refractivity contribution in [3.05, 3.63) is 29.6 Å². The molecule has 0 bridgehead atoms. The molecule has 0 amide bonds. The Hall–Kier alpha value is -0.720. The van der Waals surface area contributed by atoms with Crippen LogP contribution in [0.3, 0.4) is 0 Å². The first kappa shape index (κ1) is 7.39. The van der Waals surface area contributed by atoms with Crippen molar-refractivity contribution in [3.8, 4) is 0 Å². The Morgan fingerprint density at radius 3 is 2.60 bits per heavy atom. The lowest BCUT2D eigenvalue weighted by Gasteiger charge is -1.99. The first-order valence-electron chi connectivity index (χ1n) is 2.98. The minimum Gasteiger partial charge on any atom is -0.207 e. The highest BCUT2D eigenvalue weighted by atomic mass is 19.1. The third-order valence-corrected chi connectivity index (χ3v) is 1.30. The quantitative estimate of drug-likeness (QED) is 0.479. The van der Waals surface area contributed by atoms with Crippen molar-refractivity contribution >= 4 is 21.2 Å². The maximum atomic E-state index is 12.7. The SMILES string of the molecule is [B]Cc1ccc([B])cc1F. The zero-order valence-electron chi connectivity index (χ0n) is 5.47. The van der Waals surface area contributed by atoms with E-state index in [1.165, 1.54) is 6.07 Å². The van der Waals surface area contributed by atoms with Crippen molar-refractivity contribution in [3.63, 3.8) is 0 Å². The molecule has 0 aromatic heterocycles. The second kappa shape index (κ2) is 2.91. The van der Waals surface area contributed by atoms with Gasteiger partial charge >= 0.3 is 0 Å². The molecule has 0 N–H and O–H groups in total. The highest BCUT2D eigenvalue weighted by Crippen LogP contribution is 2.02. The summed E-state index contributed by atoms with van der Waals surface area (Å²) in [6.45, 7) is 0. The summed E-state index contributed by atoms with van der Waals surface area (Å²) in [6, 6.07) is 4.48. The standard InChI is InChI=1S/C7H5B2F/c8-4-5-1-2-6(9)3-7(5)10/h1-3H,4H2. The van der Waals surface area contributed by atoms with Gasteiger partial charge in [0.2, 0.25) is 0 Å². The number of benzene rings is 1. The second-order valence-corrected chi connectivity index (χ2v) is 2.05. The normalized spacial score (nSPS) is 9.70. The van der Waals surface area contributed by atoms with Gasteiger partial charge in [0.1, 0.15) is 13.7 Å². The highest BCUT2D eigenvalue weighted by molar-refractivity contribution is 6.32. The Labute approximate surface area is 62.3 Å². The topological polar surface area (TPSA) is 0 Å². The summed E-state index contributed by atoms with van der Waals surface area (Å²) in [4.78, 5) is 0. The zero-order chi connectivity index (χ0) is 7.56. The summed E-state index contributed by atoms with van der Waals surface area (Å²) in [6.07, 6.45) is 0.214. The van der Waals surface area contributed by atoms with E-state index in [0.717, 1.165) is 0 Å². The molecule has 0 unspecified atom stereocenters. The molecule has 0 aliphatic heterocycles. The van der Waals surface area contributed by atoms with E-state index in [4.69, 9.17) is 15.7 Å². The van der Waals surface area contributed by atoms with Gasteiger partial charge < -0.3 is 0 Å². The van der Waals surface area contributed by atoms with Crippen molar-refractivity contribution in [2.45, 2.75) is 6.32 Å². The second-order valence-electron chi connectivity index (χ2n) is 2.05. The Morgan fingerprint density at radius 1 is 1.40 bits per heavy atom. The molecule has 0 aliphatic carbocycles. The molecule has 0 saturated carbocycles. The minimum absolute atomic E-state index is 0.214. The van der Waals surface area contributed by atoms with Gasteiger partial charge in [0, 0.05) is 0 Å². The maximum absolute atomic E-state index is 12.7. The van der Waals surface area contributed by atoms with Crippen molar-refractivity contribution in [1.29, 1.82) is 0 Å². The van der Waals surface area contributed by atoms with Crippen LogP contribution < -0.4 is 5.46 Å². The highest BCUT2D eigenvalue weighted by Gasteiger charge is 1.96. The Morgan fingerprint density at radius 2 is 2.10 bits per heavy atom. The van der Waals surface area contributed by atoms with Crippen LogP contribution in [0.15, 0.2) is 18.2 Å². The van der Waals surface area contributed by atoms with Gasteiger partial charge in [-0.25, -0.2) is 4.39 Å². The summed E-state index contributed by atoms with van der Waals surface area (Å²) in [5, 5.41) is 0. The van der Waals surface area contributed by atoms with Gasteiger partial charge in [-0.3, -0.25) is 0 Å². The van der Waals surface area contributed by atoms with Gasteiger partial charge in [0.05, 0.1) is 7.85 Å². The Balaban J connectivity index is 3.07. The molecule has 0 saturated heterocycles. The molecular weight excluding hydrogens is 125 g/mol. The summed E-state index contributed by atoms with van der Waals surface area (Å²) < 4.78 is 12.7. The largest absolute Gasteiger partial charge is 0.207 e. The van der Waals surface area contributed by atoms with Gasteiger partial charge in [-0.05, 0) is 11.6 Å². The molecular formula is C7H5B2F. The van der Waals surface area contributed by atoms with Crippen molar-refractivity contribution in [2.24, 2.45) is 0 Å². The van der Waals surface area contributed by atoms with Crippen molar-refractivity contribution in [2.75, 3.05) is 0 Å². The molecule has 0 aliphatic rings. The smallest absolute Gasteiger partial charge is 0.125 e. The van der Waals surface area contributed by atoms with Gasteiger partial charge in [-0.2, -0.15) is 0 Å². The van der Waals surface area contributed by atoms with Gasteiger partial charge in [-0.1, -0.05) is 23.9 Å². The van der Waals surface area contributed by atoms with Crippen LogP contribution >= 0.6 is 0 Å². The number of hydrogen-bond acceptors (Lipinski definition) is 0. The average Bonchev–Trinajstić information content (AvgIpc) is 1.88. The third-order valence-electron chi connectivity index (χ3n) is 1.30. The molecule has 1 aromatic rings. The molecule has 0 fully saturated rings. The Bertz CT molecular complexity index is 235. The molecule has 1 rings (SSSR count). The summed E-state index contributed by atoms with van der Waals surface area (Å²) in [5.41, 5.74) is 0.920. The minimum atomic E-state index is -0.331. The van der Waals surface area contributed by atoms with Crippen LogP contribution in [0.5, 0.6) is 0 Å². The van der Waals surface area contributed by atoms with E-state index < -0.39 is 0 Å². The third kappa shape index (κ3) is 1.41. The van der Waals surface area contributed by atoms with E-state index >= 15 is 0 Å². The molecule has 4 radical (unpaired) electrons. The first-order valence-corrected chi connectivity index (χ1v) is 2.98. The van der Waals surface area contributed by atoms with E-state index in [1.807, 2.05) is 0 Å². The van der Waals surface area contributed by atoms with Gasteiger partial charge in [-0.15, -0.1) is 0 Å². The summed E-state index contributed by atoms with van der Waals surface area (Å²) in [7, 11) is 10.5. The van der Waals surface area contributed by atoms with E-state index in [0.29, 0.717) is 11.0 Å². The van der Waals surface area contributed by atoms with Crippen LogP contribution in [0.25, 0.3) is 0 Å². The van der Waals surface area contributed by atoms with E-state index in [1.54, 1.807) is 12.1 Å². The van der Waals surface area contributed by atoms with E-state index in [2.05, 4.69) is 0 Å². The van der Waals surface area contributed by atoms with Crippen LogP contribution in [0.1, 0.15) is 5.56 Å². The van der Waals surface area contributed by atoms with Crippen LogP contribution in [-0.4, -0.2) is 15.7 Å². The fourth-order valence-electron chi connectivity index (χ4n) is 0.729. The predicted molar refractivity (Wildman–Crippen MR) is 41.2 cm³/mol. The molecule has 46 valence electrons. The number of rotatable bonds is 1. The van der Waals surface area contributed by atoms with Crippen molar-refractivity contribution in [1.82, 2.24) is 0 Å². The van der Waals surface area contributed by atoms with Gasteiger partial charge in [0.15, 0.2) is 0 Å². The molecule has 0 spiro atoms. The molecule has 3 heteroatoms. The average molecular weight is 130 g/mol. The lowest BCUT2D eigenvalue weighted by Crippen LogP contribution is -2.04. The van der Waals surface area contributed by atoms with Crippen LogP contribution in [-0.2, 0) is 6.32 Å². The maximum Gasteiger partial charge on any atom is 0.125 e. The molecule has 1 aromatic carbocycles. The van der Waals surface area contributed by atoms with Crippen molar-refractivity contribution < 1.29 is 4.39 Å². The fourth-order valence-corrected chi connectivity index (χ4v) is 0.729. The Kier molecular flexibility index (Phi) is 2.15. The lowest BCUT2D eigenvalue weighted by atomic mass is 9.90. The molecule has 0 heterocycles. The van der Waals surface area contributed by atoms with E-state index in [-0.39, 0.29) is 12.1 Å². The molecule has 0 nitrogen and oxygen atoms in total. The first-order chi connectivity index (χ1) is 4.74. The van der Waals surface area contributed by atoms with Crippen LogP contribution in [0, 0.1) is 5.82 Å². The van der Waals surface area contributed by atoms with Crippen LogP contribution in [0.4, 0.5) is 4.39 Å². The molecule has 10 heavy (non-hydrogen) atoms. The van der Waals surface area contributed by atoms with Gasteiger partial charge in [0.25, 0.3) is 0 Å². The zero-order valence-corrected chi connectivity index (χ0v) is 5.47. The number of halogens is 1. The predicted octanol–water partition coefficient (Wildman–Crippen LogP) is 0.288. The van der Waals surface area contributed by atoms with Crippen LogP contribution in [0.2, 0.25) is 0 Å². The summed E-state index contributed by atoms with van der Waals surface area (Å²) in [5.74, 6) is -0.331. The summed E-state index contributed by atoms with van der Waals surface area (Å²) >= 11 is 0. The lowest BCUT2D eigenvalue weighted by molar-refractivity contribution is 0.618. The monoisotopic (exact) mass is 130 g/mol.